The van der Waals surface area contributed by atoms with Crippen LogP contribution in [0.5, 0.6) is 0 Å². The average molecular weight is 371 g/mol. The standard InChI is InChI=1S/C18H18FN5OS/c1-13-5-3-4-6-16(13)24-18(20-21-22-24)26-12-17(25)23(2)11-14-7-9-15(19)10-8-14/h3-10H,11-12H2,1-2H3. The topological polar surface area (TPSA) is 63.9 Å². The van der Waals surface area contributed by atoms with Gasteiger partial charge < -0.3 is 4.90 Å². The van der Waals surface area contributed by atoms with Crippen molar-refractivity contribution in [1.29, 1.82) is 0 Å². The highest BCUT2D eigenvalue weighted by atomic mass is 32.2. The van der Waals surface area contributed by atoms with Crippen molar-refractivity contribution in [2.45, 2.75) is 18.6 Å². The Morgan fingerprint density at radius 3 is 2.65 bits per heavy atom. The first-order valence-corrected chi connectivity index (χ1v) is 8.99. The zero-order valence-electron chi connectivity index (χ0n) is 14.5. The number of thioether (sulfide) groups is 1. The molecule has 134 valence electrons. The highest BCUT2D eigenvalue weighted by Crippen LogP contribution is 2.20. The zero-order chi connectivity index (χ0) is 18.5. The lowest BCUT2D eigenvalue weighted by Crippen LogP contribution is -2.27. The van der Waals surface area contributed by atoms with Gasteiger partial charge in [0.2, 0.25) is 11.1 Å². The Hall–Kier alpha value is -2.74. The number of halogens is 1. The largest absolute Gasteiger partial charge is 0.341 e. The van der Waals surface area contributed by atoms with Crippen LogP contribution in [0.3, 0.4) is 0 Å². The Morgan fingerprint density at radius 1 is 1.19 bits per heavy atom. The number of carbonyl (C=O) groups excluding carboxylic acids is 1. The molecule has 0 atom stereocenters. The molecule has 3 aromatic rings. The van der Waals surface area contributed by atoms with E-state index < -0.39 is 0 Å². The van der Waals surface area contributed by atoms with Crippen LogP contribution in [-0.2, 0) is 11.3 Å². The van der Waals surface area contributed by atoms with E-state index in [0.29, 0.717) is 11.7 Å². The number of benzene rings is 2. The van der Waals surface area contributed by atoms with Gasteiger partial charge in [0.1, 0.15) is 5.82 Å². The number of tetrazole rings is 1. The van der Waals surface area contributed by atoms with Crippen LogP contribution in [0, 0.1) is 12.7 Å². The number of rotatable bonds is 6. The van der Waals surface area contributed by atoms with E-state index >= 15 is 0 Å². The summed E-state index contributed by atoms with van der Waals surface area (Å²) in [5.41, 5.74) is 2.80. The lowest BCUT2D eigenvalue weighted by Gasteiger charge is -2.17. The number of hydrogen-bond acceptors (Lipinski definition) is 5. The van der Waals surface area contributed by atoms with Gasteiger partial charge in [0.15, 0.2) is 0 Å². The van der Waals surface area contributed by atoms with E-state index in [2.05, 4.69) is 15.5 Å². The van der Waals surface area contributed by atoms with Gasteiger partial charge >= 0.3 is 0 Å². The monoisotopic (exact) mass is 371 g/mol. The maximum absolute atomic E-state index is 13.0. The molecule has 0 saturated heterocycles. The Balaban J connectivity index is 1.62. The van der Waals surface area contributed by atoms with E-state index in [9.17, 15) is 9.18 Å². The number of nitrogens with zero attached hydrogens (tertiary/aromatic N) is 5. The predicted octanol–water partition coefficient (Wildman–Crippen LogP) is 2.86. The summed E-state index contributed by atoms with van der Waals surface area (Å²) in [6, 6.07) is 13.9. The molecule has 0 fully saturated rings. The van der Waals surface area contributed by atoms with Crippen molar-refractivity contribution in [3.05, 3.63) is 65.5 Å². The Morgan fingerprint density at radius 2 is 1.92 bits per heavy atom. The zero-order valence-corrected chi connectivity index (χ0v) is 15.3. The van der Waals surface area contributed by atoms with Crippen molar-refractivity contribution in [2.75, 3.05) is 12.8 Å². The highest BCUT2D eigenvalue weighted by molar-refractivity contribution is 7.99. The fraction of sp³-hybridized carbons (Fsp3) is 0.222. The first kappa shape index (κ1) is 18.1. The van der Waals surface area contributed by atoms with Crippen LogP contribution in [-0.4, -0.2) is 43.8 Å². The Kier molecular flexibility index (Phi) is 5.62. The first-order chi connectivity index (χ1) is 12.5. The first-order valence-electron chi connectivity index (χ1n) is 8.00. The third-order valence-electron chi connectivity index (χ3n) is 3.87. The van der Waals surface area contributed by atoms with E-state index in [4.69, 9.17) is 0 Å². The minimum Gasteiger partial charge on any atom is -0.341 e. The van der Waals surface area contributed by atoms with E-state index in [0.717, 1.165) is 16.8 Å². The molecule has 8 heteroatoms. The molecule has 0 aliphatic rings. The van der Waals surface area contributed by atoms with Gasteiger partial charge in [0.05, 0.1) is 11.4 Å². The molecule has 0 unspecified atom stereocenters. The van der Waals surface area contributed by atoms with E-state index in [1.54, 1.807) is 28.8 Å². The molecule has 1 heterocycles. The van der Waals surface area contributed by atoms with Crippen LogP contribution in [0.15, 0.2) is 53.7 Å². The summed E-state index contributed by atoms with van der Waals surface area (Å²) in [5.74, 6) is -0.135. The average Bonchev–Trinajstić information content (AvgIpc) is 3.10. The van der Waals surface area contributed by atoms with Gasteiger partial charge in [-0.1, -0.05) is 42.1 Å². The summed E-state index contributed by atoms with van der Waals surface area (Å²) in [4.78, 5) is 14.0. The molecule has 0 bridgehead atoms. The van der Waals surface area contributed by atoms with Crippen LogP contribution < -0.4 is 0 Å². The number of carbonyl (C=O) groups is 1. The van der Waals surface area contributed by atoms with E-state index in [1.807, 2.05) is 31.2 Å². The molecule has 3 rings (SSSR count). The second-order valence-electron chi connectivity index (χ2n) is 5.82. The predicted molar refractivity (Wildman–Crippen MR) is 97.5 cm³/mol. The highest BCUT2D eigenvalue weighted by Gasteiger charge is 2.15. The van der Waals surface area contributed by atoms with Crippen LogP contribution in [0.4, 0.5) is 4.39 Å². The van der Waals surface area contributed by atoms with Crippen molar-refractivity contribution in [3.8, 4) is 5.69 Å². The maximum atomic E-state index is 13.0. The van der Waals surface area contributed by atoms with Crippen LogP contribution >= 0.6 is 11.8 Å². The summed E-state index contributed by atoms with van der Waals surface area (Å²) in [7, 11) is 1.72. The van der Waals surface area contributed by atoms with Crippen LogP contribution in [0.1, 0.15) is 11.1 Å². The number of para-hydroxylation sites is 1. The van der Waals surface area contributed by atoms with E-state index in [-0.39, 0.29) is 17.5 Å². The SMILES string of the molecule is Cc1ccccc1-n1nnnc1SCC(=O)N(C)Cc1ccc(F)cc1. The molecule has 6 nitrogen and oxygen atoms in total. The minimum absolute atomic E-state index is 0.0568. The molecule has 0 N–H and O–H groups in total. The van der Waals surface area contributed by atoms with E-state index in [1.165, 1.54) is 23.9 Å². The second-order valence-corrected chi connectivity index (χ2v) is 6.77. The Bertz CT molecular complexity index is 897. The minimum atomic E-state index is -0.290. The number of hydrogen-bond donors (Lipinski definition) is 0. The number of aromatic nitrogens is 4. The molecule has 0 radical (unpaired) electrons. The van der Waals surface area contributed by atoms with Crippen molar-refractivity contribution in [2.24, 2.45) is 0 Å². The normalized spacial score (nSPS) is 10.7. The summed E-state index contributed by atoms with van der Waals surface area (Å²) in [5, 5.41) is 12.3. The third kappa shape index (κ3) is 4.26. The molecule has 2 aromatic carbocycles. The molecule has 1 amide bonds. The fourth-order valence-electron chi connectivity index (χ4n) is 2.41. The molecular weight excluding hydrogens is 353 g/mol. The maximum Gasteiger partial charge on any atom is 0.233 e. The second kappa shape index (κ2) is 8.09. The quantitative estimate of drug-likeness (QED) is 0.624. The fourth-order valence-corrected chi connectivity index (χ4v) is 3.23. The van der Waals surface area contributed by atoms with Gasteiger partial charge in [-0.3, -0.25) is 4.79 Å². The van der Waals surface area contributed by atoms with Gasteiger partial charge in [-0.05, 0) is 46.7 Å². The molecule has 0 aliphatic carbocycles. The molecule has 1 aromatic heterocycles. The summed E-state index contributed by atoms with van der Waals surface area (Å²) < 4.78 is 14.6. The van der Waals surface area contributed by atoms with Crippen molar-refractivity contribution < 1.29 is 9.18 Å². The van der Waals surface area contributed by atoms with Gasteiger partial charge in [0.25, 0.3) is 0 Å². The molecule has 0 spiro atoms. The van der Waals surface area contributed by atoms with Crippen LogP contribution in [0.2, 0.25) is 0 Å². The lowest BCUT2D eigenvalue weighted by molar-refractivity contribution is -0.127. The van der Waals surface area contributed by atoms with Gasteiger partial charge in [0, 0.05) is 13.6 Å². The Labute approximate surface area is 155 Å². The molecule has 0 aliphatic heterocycles. The van der Waals surface area contributed by atoms with Crippen molar-refractivity contribution in [3.63, 3.8) is 0 Å². The van der Waals surface area contributed by atoms with Crippen molar-refractivity contribution >= 4 is 17.7 Å². The lowest BCUT2D eigenvalue weighted by atomic mass is 10.2. The number of amides is 1. The third-order valence-corrected chi connectivity index (χ3v) is 4.77. The molecule has 0 saturated carbocycles. The smallest absolute Gasteiger partial charge is 0.233 e. The van der Waals surface area contributed by atoms with Gasteiger partial charge in [-0.15, -0.1) is 5.10 Å². The van der Waals surface area contributed by atoms with Gasteiger partial charge in [-0.25, -0.2) is 4.39 Å². The summed E-state index contributed by atoms with van der Waals surface area (Å²) >= 11 is 1.28. The summed E-state index contributed by atoms with van der Waals surface area (Å²) in [6.07, 6.45) is 0. The molecule has 26 heavy (non-hydrogen) atoms. The molecular formula is C18H18FN5OS. The summed E-state index contributed by atoms with van der Waals surface area (Å²) in [6.45, 7) is 2.40. The van der Waals surface area contributed by atoms with Crippen LogP contribution in [0.25, 0.3) is 5.69 Å². The number of aryl methyl sites for hydroxylation is 1. The van der Waals surface area contributed by atoms with Gasteiger partial charge in [-0.2, -0.15) is 4.68 Å². The van der Waals surface area contributed by atoms with Crippen molar-refractivity contribution in [1.82, 2.24) is 25.1 Å².